The van der Waals surface area contributed by atoms with Crippen LogP contribution >= 0.6 is 0 Å². The smallest absolute Gasteiger partial charge is 0.337 e. The van der Waals surface area contributed by atoms with Crippen molar-refractivity contribution >= 4 is 14.3 Å². The van der Waals surface area contributed by atoms with Crippen LogP contribution in [0.1, 0.15) is 20.8 Å². The highest BCUT2D eigenvalue weighted by Crippen LogP contribution is 2.37. The van der Waals surface area contributed by atoms with Gasteiger partial charge in [0.05, 0.1) is 13.7 Å². The summed E-state index contributed by atoms with van der Waals surface area (Å²) in [7, 11) is -0.903. The van der Waals surface area contributed by atoms with Gasteiger partial charge in [-0.3, -0.25) is 0 Å². The van der Waals surface area contributed by atoms with Gasteiger partial charge < -0.3 is 29.2 Å². The van der Waals surface area contributed by atoms with Gasteiger partial charge in [0.2, 0.25) is 0 Å². The Balaban J connectivity index is 2.79. The number of methoxy groups -OCH3 is 1. The second-order valence-electron chi connectivity index (χ2n) is 7.16. The van der Waals surface area contributed by atoms with Crippen molar-refractivity contribution in [3.63, 3.8) is 0 Å². The summed E-state index contributed by atoms with van der Waals surface area (Å²) in [5.41, 5.74) is 0. The number of hydrogen-bond donors (Lipinski definition) is 3. The predicted octanol–water partition coefficient (Wildman–Crippen LogP) is 0.0313. The van der Waals surface area contributed by atoms with E-state index in [-0.39, 0.29) is 11.6 Å². The van der Waals surface area contributed by atoms with Gasteiger partial charge in [-0.1, -0.05) is 20.8 Å². The molecule has 130 valence electrons. The Bertz CT molecular complexity index is 393. The lowest BCUT2D eigenvalue weighted by molar-refractivity contribution is -0.233. The third-order valence-corrected chi connectivity index (χ3v) is 9.06. The molecule has 1 saturated heterocycles. The van der Waals surface area contributed by atoms with Crippen LogP contribution in [0.5, 0.6) is 0 Å². The minimum Gasteiger partial charge on any atom is -0.467 e. The molecule has 22 heavy (non-hydrogen) atoms. The lowest BCUT2D eigenvalue weighted by atomic mass is 9.95. The Morgan fingerprint density at radius 2 is 1.68 bits per heavy atom. The maximum absolute atomic E-state index is 11.6. The predicted molar refractivity (Wildman–Crippen MR) is 81.8 cm³/mol. The third kappa shape index (κ3) is 4.06. The van der Waals surface area contributed by atoms with E-state index in [2.05, 4.69) is 25.5 Å². The zero-order valence-electron chi connectivity index (χ0n) is 14.1. The maximum Gasteiger partial charge on any atom is 0.337 e. The van der Waals surface area contributed by atoms with E-state index in [1.54, 1.807) is 0 Å². The van der Waals surface area contributed by atoms with Crippen LogP contribution in [-0.4, -0.2) is 73.8 Å². The number of ether oxygens (including phenoxy) is 2. The highest BCUT2D eigenvalue weighted by Gasteiger charge is 2.48. The molecule has 3 N–H and O–H groups in total. The molecule has 0 spiro atoms. The Hall–Kier alpha value is -0.513. The molecular weight excluding hydrogens is 308 g/mol. The van der Waals surface area contributed by atoms with Crippen LogP contribution < -0.4 is 0 Å². The van der Waals surface area contributed by atoms with Crippen LogP contribution in [0.25, 0.3) is 0 Å². The number of carbonyl (C=O) groups is 1. The van der Waals surface area contributed by atoms with Crippen molar-refractivity contribution in [1.29, 1.82) is 0 Å². The van der Waals surface area contributed by atoms with Gasteiger partial charge in [-0.25, -0.2) is 4.79 Å². The monoisotopic (exact) mass is 336 g/mol. The van der Waals surface area contributed by atoms with Crippen LogP contribution in [0.4, 0.5) is 0 Å². The van der Waals surface area contributed by atoms with Crippen molar-refractivity contribution < 1.29 is 34.0 Å². The standard InChI is InChI=1S/C14H28O7Si/c1-14(2,3)22(5,6)20-7-8-9(15)10(16)11(17)12(21-8)13(18)19-4/h8-12,15-17H,7H2,1-6H3/t8-,9?,10?,11?,12?/m1/s1. The van der Waals surface area contributed by atoms with E-state index in [1.165, 1.54) is 0 Å². The van der Waals surface area contributed by atoms with E-state index in [1.807, 2.05) is 13.1 Å². The summed E-state index contributed by atoms with van der Waals surface area (Å²) >= 11 is 0. The van der Waals surface area contributed by atoms with Crippen LogP contribution in [0, 0.1) is 0 Å². The first-order chi connectivity index (χ1) is 9.92. The van der Waals surface area contributed by atoms with Gasteiger partial charge in [-0.05, 0) is 18.1 Å². The Labute approximate surface area is 132 Å². The first-order valence-corrected chi connectivity index (χ1v) is 10.2. The highest BCUT2D eigenvalue weighted by molar-refractivity contribution is 6.74. The van der Waals surface area contributed by atoms with Gasteiger partial charge in [0.15, 0.2) is 14.4 Å². The van der Waals surface area contributed by atoms with Crippen molar-refractivity contribution in [1.82, 2.24) is 0 Å². The molecule has 4 unspecified atom stereocenters. The molecule has 0 aromatic carbocycles. The Morgan fingerprint density at radius 1 is 1.14 bits per heavy atom. The molecule has 1 aliphatic heterocycles. The van der Waals surface area contributed by atoms with E-state index < -0.39 is 44.8 Å². The summed E-state index contributed by atoms with van der Waals surface area (Å²) in [4.78, 5) is 11.6. The van der Waals surface area contributed by atoms with E-state index >= 15 is 0 Å². The van der Waals surface area contributed by atoms with Crippen LogP contribution in [0.2, 0.25) is 18.1 Å². The molecule has 5 atom stereocenters. The normalized spacial score (nSPS) is 33.6. The third-order valence-electron chi connectivity index (χ3n) is 4.56. The zero-order chi connectivity index (χ0) is 17.3. The van der Waals surface area contributed by atoms with E-state index in [0.717, 1.165) is 7.11 Å². The minimum absolute atomic E-state index is 0.0213. The van der Waals surface area contributed by atoms with E-state index in [4.69, 9.17) is 9.16 Å². The molecule has 0 aromatic heterocycles. The summed E-state index contributed by atoms with van der Waals surface area (Å²) in [5, 5.41) is 29.7. The summed E-state index contributed by atoms with van der Waals surface area (Å²) in [6.07, 6.45) is -6.61. The molecule has 0 bridgehead atoms. The van der Waals surface area contributed by atoms with Crippen molar-refractivity contribution in [2.24, 2.45) is 0 Å². The van der Waals surface area contributed by atoms with Gasteiger partial charge in [-0.2, -0.15) is 0 Å². The van der Waals surface area contributed by atoms with Gasteiger partial charge in [0.25, 0.3) is 0 Å². The molecule has 0 radical (unpaired) electrons. The number of carbonyl (C=O) groups excluding carboxylic acids is 1. The molecule has 0 aliphatic carbocycles. The van der Waals surface area contributed by atoms with E-state index in [0.29, 0.717) is 0 Å². The van der Waals surface area contributed by atoms with Crippen molar-refractivity contribution in [2.45, 2.75) is 69.4 Å². The fraction of sp³-hybridized carbons (Fsp3) is 0.929. The topological polar surface area (TPSA) is 105 Å². The van der Waals surface area contributed by atoms with Gasteiger partial charge in [0.1, 0.15) is 24.4 Å². The SMILES string of the molecule is COC(=O)C1O[C@H](CO[Si](C)(C)C(C)(C)C)C(O)C(O)C1O. The molecule has 0 saturated carbocycles. The molecule has 1 heterocycles. The number of esters is 1. The molecule has 7 nitrogen and oxygen atoms in total. The van der Waals surface area contributed by atoms with Gasteiger partial charge in [-0.15, -0.1) is 0 Å². The minimum atomic E-state index is -2.07. The first kappa shape index (κ1) is 19.5. The average Bonchev–Trinajstić information content (AvgIpc) is 2.42. The van der Waals surface area contributed by atoms with Crippen molar-refractivity contribution in [2.75, 3.05) is 13.7 Å². The summed E-state index contributed by atoms with van der Waals surface area (Å²) in [5.74, 6) is -0.796. The maximum atomic E-state index is 11.6. The van der Waals surface area contributed by atoms with Crippen LogP contribution in [0.3, 0.4) is 0 Å². The molecule has 1 rings (SSSR count). The quantitative estimate of drug-likeness (QED) is 0.491. The molecule has 0 aromatic rings. The van der Waals surface area contributed by atoms with Crippen molar-refractivity contribution in [3.05, 3.63) is 0 Å². The first-order valence-electron chi connectivity index (χ1n) is 7.34. The fourth-order valence-electron chi connectivity index (χ4n) is 1.91. The number of aliphatic hydroxyl groups is 3. The molecular formula is C14H28O7Si. The Kier molecular flexibility index (Phi) is 6.16. The highest BCUT2D eigenvalue weighted by atomic mass is 28.4. The number of aliphatic hydroxyl groups excluding tert-OH is 3. The molecule has 1 fully saturated rings. The number of hydrogen-bond acceptors (Lipinski definition) is 7. The van der Waals surface area contributed by atoms with Gasteiger partial charge >= 0.3 is 5.97 Å². The fourth-order valence-corrected chi connectivity index (χ4v) is 2.92. The zero-order valence-corrected chi connectivity index (χ0v) is 15.1. The number of rotatable bonds is 4. The second-order valence-corrected chi connectivity index (χ2v) is 12.0. The van der Waals surface area contributed by atoms with Crippen LogP contribution in [0.15, 0.2) is 0 Å². The lowest BCUT2D eigenvalue weighted by Gasteiger charge is -2.42. The van der Waals surface area contributed by atoms with Crippen molar-refractivity contribution in [3.8, 4) is 0 Å². The lowest BCUT2D eigenvalue weighted by Crippen LogP contribution is -2.61. The molecule has 0 amide bonds. The Morgan fingerprint density at radius 3 is 2.14 bits per heavy atom. The summed E-state index contributed by atoms with van der Waals surface area (Å²) in [6, 6.07) is 0. The molecule has 8 heteroatoms. The summed E-state index contributed by atoms with van der Waals surface area (Å²) < 4.78 is 15.9. The average molecular weight is 336 g/mol. The van der Waals surface area contributed by atoms with E-state index in [9.17, 15) is 20.1 Å². The second kappa shape index (κ2) is 6.94. The largest absolute Gasteiger partial charge is 0.467 e. The molecule has 1 aliphatic rings. The van der Waals surface area contributed by atoms with Crippen LogP contribution in [-0.2, 0) is 18.7 Å². The summed E-state index contributed by atoms with van der Waals surface area (Å²) in [6.45, 7) is 10.4. The van der Waals surface area contributed by atoms with Gasteiger partial charge in [0, 0.05) is 0 Å².